The molecule has 0 aliphatic heterocycles. The molecule has 2 aliphatic rings. The van der Waals surface area contributed by atoms with E-state index >= 15 is 0 Å². The third-order valence-electron chi connectivity index (χ3n) is 6.81. The molecule has 1 unspecified atom stereocenters. The molecule has 2 heterocycles. The van der Waals surface area contributed by atoms with Crippen molar-refractivity contribution in [1.29, 1.82) is 0 Å². The Morgan fingerprint density at radius 1 is 1.20 bits per heavy atom. The van der Waals surface area contributed by atoms with Gasteiger partial charge in [0.15, 0.2) is 0 Å². The van der Waals surface area contributed by atoms with Crippen molar-refractivity contribution in [1.82, 2.24) is 14.9 Å². The highest BCUT2D eigenvalue weighted by molar-refractivity contribution is 7.18. The highest BCUT2D eigenvalue weighted by Gasteiger charge is 2.31. The van der Waals surface area contributed by atoms with Crippen LogP contribution in [-0.4, -0.2) is 57.0 Å². The molecule has 1 atom stereocenters. The number of aryl methyl sites for hydroxylation is 2. The fraction of sp³-hybridized carbons (Fsp3) is 0.741. The average molecular weight is 506 g/mol. The molecule has 0 aromatic carbocycles. The van der Waals surface area contributed by atoms with E-state index in [2.05, 4.69) is 9.97 Å². The minimum Gasteiger partial charge on any atom is -0.474 e. The van der Waals surface area contributed by atoms with Gasteiger partial charge in [-0.2, -0.15) is 0 Å². The van der Waals surface area contributed by atoms with Crippen LogP contribution in [0, 0.1) is 5.92 Å². The van der Waals surface area contributed by atoms with E-state index in [9.17, 15) is 4.79 Å². The molecule has 0 saturated heterocycles. The van der Waals surface area contributed by atoms with Crippen molar-refractivity contribution in [3.63, 3.8) is 0 Å². The van der Waals surface area contributed by atoms with Crippen LogP contribution in [0.1, 0.15) is 90.5 Å². The number of carbonyl (C=O) groups excluding carboxylic acids is 1. The first kappa shape index (κ1) is 27.7. The van der Waals surface area contributed by atoms with Crippen LogP contribution in [0.4, 0.5) is 4.79 Å². The number of rotatable bonds is 5. The molecule has 7 nitrogen and oxygen atoms in total. The average Bonchev–Trinajstić information content (AvgIpc) is 3.39. The molecule has 0 spiro atoms. The minimum atomic E-state index is -0.467. The predicted molar refractivity (Wildman–Crippen MR) is 141 cm³/mol. The fourth-order valence-corrected chi connectivity index (χ4v) is 5.87. The number of aliphatic hydroxyl groups excluding tert-OH is 1. The summed E-state index contributed by atoms with van der Waals surface area (Å²) in [6, 6.07) is 0.200. The normalized spacial score (nSPS) is 20.7. The maximum atomic E-state index is 12.3. The van der Waals surface area contributed by atoms with Gasteiger partial charge in [0.05, 0.1) is 11.5 Å². The van der Waals surface area contributed by atoms with Crippen molar-refractivity contribution in [3.05, 3.63) is 16.8 Å². The first-order valence-electron chi connectivity index (χ1n) is 13.1. The molecular weight excluding hydrogens is 462 g/mol. The van der Waals surface area contributed by atoms with E-state index in [-0.39, 0.29) is 24.3 Å². The summed E-state index contributed by atoms with van der Waals surface area (Å²) in [5.74, 6) is 1.17. The Bertz CT molecular complexity index is 977. The Labute approximate surface area is 214 Å². The van der Waals surface area contributed by atoms with Crippen molar-refractivity contribution < 1.29 is 19.4 Å². The zero-order valence-electron chi connectivity index (χ0n) is 22.5. The Morgan fingerprint density at radius 3 is 2.46 bits per heavy atom. The minimum absolute atomic E-state index is 0.0972. The summed E-state index contributed by atoms with van der Waals surface area (Å²) in [5, 5.41) is 10.1. The summed E-state index contributed by atoms with van der Waals surface area (Å²) < 4.78 is 11.8. The van der Waals surface area contributed by atoms with Gasteiger partial charge in [-0.15, -0.1) is 11.3 Å². The summed E-state index contributed by atoms with van der Waals surface area (Å²) in [5.41, 5.74) is 0.930. The molecular formula is C27H43N3O4S. The number of aromatic nitrogens is 2. The van der Waals surface area contributed by atoms with Crippen molar-refractivity contribution in [2.24, 2.45) is 5.92 Å². The lowest BCUT2D eigenvalue weighted by molar-refractivity contribution is 0.0137. The van der Waals surface area contributed by atoms with Crippen molar-refractivity contribution >= 4 is 27.6 Å². The predicted octanol–water partition coefficient (Wildman–Crippen LogP) is 6.15. The van der Waals surface area contributed by atoms with E-state index in [0.29, 0.717) is 5.92 Å². The number of hydrogen-bond donors (Lipinski definition) is 1. The molecule has 4 rings (SSSR count). The van der Waals surface area contributed by atoms with Crippen LogP contribution in [0.5, 0.6) is 5.88 Å². The van der Waals surface area contributed by atoms with Gasteiger partial charge in [-0.1, -0.05) is 20.8 Å². The molecule has 35 heavy (non-hydrogen) atoms. The molecule has 2 aromatic rings. The van der Waals surface area contributed by atoms with Gasteiger partial charge in [0.1, 0.15) is 22.9 Å². The summed E-state index contributed by atoms with van der Waals surface area (Å²) in [4.78, 5) is 25.5. The van der Waals surface area contributed by atoms with Crippen LogP contribution in [-0.2, 0) is 17.6 Å². The van der Waals surface area contributed by atoms with Crippen LogP contribution < -0.4 is 4.74 Å². The summed E-state index contributed by atoms with van der Waals surface area (Å²) >= 11 is 1.79. The highest BCUT2D eigenvalue weighted by Crippen LogP contribution is 2.40. The summed E-state index contributed by atoms with van der Waals surface area (Å²) in [7, 11) is 1.84. The zero-order chi connectivity index (χ0) is 25.8. The Hall–Kier alpha value is -1.93. The number of nitrogens with zero attached hydrogens (tertiary/aromatic N) is 3. The number of carbonyl (C=O) groups is 1. The second-order valence-electron chi connectivity index (χ2n) is 11.1. The molecule has 1 saturated carbocycles. The number of fused-ring (bicyclic) bond motifs is 3. The topological polar surface area (TPSA) is 84.8 Å². The Morgan fingerprint density at radius 2 is 1.89 bits per heavy atom. The molecule has 2 aliphatic carbocycles. The maximum Gasteiger partial charge on any atom is 0.410 e. The van der Waals surface area contributed by atoms with Gasteiger partial charge in [-0.3, -0.25) is 0 Å². The molecule has 1 N–H and O–H groups in total. The lowest BCUT2D eigenvalue weighted by atomic mass is 9.92. The molecule has 1 amide bonds. The third-order valence-corrected chi connectivity index (χ3v) is 8.01. The second kappa shape index (κ2) is 11.9. The largest absolute Gasteiger partial charge is 0.474 e. The Balaban J connectivity index is 0.000000429. The second-order valence-corrected chi connectivity index (χ2v) is 12.2. The van der Waals surface area contributed by atoms with Crippen molar-refractivity contribution in [2.75, 3.05) is 7.05 Å². The first-order valence-corrected chi connectivity index (χ1v) is 13.9. The van der Waals surface area contributed by atoms with Gasteiger partial charge in [0.25, 0.3) is 0 Å². The summed E-state index contributed by atoms with van der Waals surface area (Å²) in [6.07, 6.45) is 9.40. The van der Waals surface area contributed by atoms with Gasteiger partial charge in [-0.05, 0) is 83.6 Å². The molecule has 0 radical (unpaired) electrons. The maximum absolute atomic E-state index is 12.3. The lowest BCUT2D eigenvalue weighted by Crippen LogP contribution is -2.43. The molecule has 196 valence electrons. The number of ether oxygens (including phenoxy) is 2. The quantitative estimate of drug-likeness (QED) is 0.525. The first-order chi connectivity index (χ1) is 16.5. The lowest BCUT2D eigenvalue weighted by Gasteiger charge is -2.35. The SMILES string of the molecule is CCC(O)C(C)C.CN(C(=O)OC(C)(C)C)C1CCC(Oc2ncnc3sc4c(c23)CCC4)CC1. The number of hydrogen-bond acceptors (Lipinski definition) is 7. The molecule has 1 fully saturated rings. The van der Waals surface area contributed by atoms with Gasteiger partial charge in [-0.25, -0.2) is 14.8 Å². The van der Waals surface area contributed by atoms with Gasteiger partial charge in [0, 0.05) is 18.0 Å². The van der Waals surface area contributed by atoms with Gasteiger partial charge in [0.2, 0.25) is 5.88 Å². The van der Waals surface area contributed by atoms with Crippen LogP contribution in [0.15, 0.2) is 6.33 Å². The van der Waals surface area contributed by atoms with E-state index in [1.807, 2.05) is 48.6 Å². The van der Waals surface area contributed by atoms with E-state index in [1.54, 1.807) is 22.6 Å². The standard InChI is InChI=1S/C21H29N3O3S.C6H14O/c1-21(2,3)27-20(25)24(4)13-8-10-14(11-9-13)26-18-17-15-6-5-7-16(15)28-19(17)23-12-22-18;1-4-6(7)5(2)3/h12-14H,5-11H2,1-4H3;5-7H,4H2,1-3H3. The van der Waals surface area contributed by atoms with Crippen LogP contribution in [0.3, 0.4) is 0 Å². The van der Waals surface area contributed by atoms with Crippen LogP contribution in [0.25, 0.3) is 10.2 Å². The van der Waals surface area contributed by atoms with Gasteiger partial charge < -0.3 is 19.5 Å². The number of aliphatic hydroxyl groups is 1. The third kappa shape index (κ3) is 7.29. The van der Waals surface area contributed by atoms with E-state index in [1.165, 1.54) is 16.9 Å². The van der Waals surface area contributed by atoms with Crippen molar-refractivity contribution in [3.8, 4) is 5.88 Å². The van der Waals surface area contributed by atoms with Crippen LogP contribution in [0.2, 0.25) is 0 Å². The highest BCUT2D eigenvalue weighted by atomic mass is 32.1. The van der Waals surface area contributed by atoms with Crippen LogP contribution >= 0.6 is 11.3 Å². The fourth-order valence-electron chi connectivity index (χ4n) is 4.65. The summed E-state index contributed by atoms with van der Waals surface area (Å²) in [6.45, 7) is 11.7. The molecule has 2 aromatic heterocycles. The van der Waals surface area contributed by atoms with E-state index < -0.39 is 5.60 Å². The van der Waals surface area contributed by atoms with Crippen molar-refractivity contribution in [2.45, 2.75) is 117 Å². The molecule has 0 bridgehead atoms. The monoisotopic (exact) mass is 505 g/mol. The Kier molecular flexibility index (Phi) is 9.38. The molecule has 8 heteroatoms. The zero-order valence-corrected chi connectivity index (χ0v) is 23.3. The number of amides is 1. The van der Waals surface area contributed by atoms with Gasteiger partial charge >= 0.3 is 6.09 Å². The smallest absolute Gasteiger partial charge is 0.410 e. The number of thiophene rings is 1. The van der Waals surface area contributed by atoms with E-state index in [4.69, 9.17) is 14.6 Å². The van der Waals surface area contributed by atoms with E-state index in [0.717, 1.165) is 61.0 Å².